The molecular weight excluding hydrogens is 681 g/mol. The van der Waals surface area contributed by atoms with Crippen molar-refractivity contribution in [2.75, 3.05) is 26.4 Å². The number of carboxylic acid groups (broad SMARTS) is 1. The molecular formula is C41H80NO9P. The maximum atomic E-state index is 12.5. The Balaban J connectivity index is 4.11. The van der Waals surface area contributed by atoms with Gasteiger partial charge in [0.2, 0.25) is 0 Å². The van der Waals surface area contributed by atoms with Crippen LogP contribution in [0.25, 0.3) is 0 Å². The molecule has 0 fully saturated rings. The third kappa shape index (κ3) is 37.0. The first-order valence-corrected chi connectivity index (χ1v) is 22.7. The van der Waals surface area contributed by atoms with Gasteiger partial charge in [-0.05, 0) is 32.1 Å². The minimum absolute atomic E-state index is 0.0189. The summed E-state index contributed by atoms with van der Waals surface area (Å²) in [5, 5.41) is 8.87. The van der Waals surface area contributed by atoms with Gasteiger partial charge in [-0.25, -0.2) is 4.57 Å². The van der Waals surface area contributed by atoms with Crippen molar-refractivity contribution in [2.24, 2.45) is 5.73 Å². The second kappa shape index (κ2) is 38.0. The summed E-state index contributed by atoms with van der Waals surface area (Å²) in [4.78, 5) is 33.4. The van der Waals surface area contributed by atoms with Crippen molar-refractivity contribution < 1.29 is 42.7 Å². The van der Waals surface area contributed by atoms with E-state index in [-0.39, 0.29) is 13.0 Å². The lowest BCUT2D eigenvalue weighted by atomic mass is 10.0. The molecule has 4 N–H and O–H groups in total. The molecule has 0 saturated carbocycles. The summed E-state index contributed by atoms with van der Waals surface area (Å²) in [6, 6.07) is -1.47. The van der Waals surface area contributed by atoms with E-state index in [0.717, 1.165) is 57.8 Å². The fraction of sp³-hybridized carbons (Fsp3) is 0.902. The van der Waals surface area contributed by atoms with Gasteiger partial charge in [0.05, 0.1) is 19.8 Å². The van der Waals surface area contributed by atoms with E-state index in [2.05, 4.69) is 26.0 Å². The number of allylic oxidation sites excluding steroid dienone is 2. The summed E-state index contributed by atoms with van der Waals surface area (Å²) < 4.78 is 33.2. The van der Waals surface area contributed by atoms with Crippen LogP contribution in [0, 0.1) is 0 Å². The number of esters is 1. The zero-order valence-corrected chi connectivity index (χ0v) is 34.3. The molecule has 0 amide bonds. The molecule has 10 nitrogen and oxygen atoms in total. The van der Waals surface area contributed by atoms with Crippen molar-refractivity contribution in [1.29, 1.82) is 0 Å². The highest BCUT2D eigenvalue weighted by Crippen LogP contribution is 2.43. The summed E-state index contributed by atoms with van der Waals surface area (Å²) in [6.07, 6.45) is 38.5. The zero-order chi connectivity index (χ0) is 38.4. The van der Waals surface area contributed by atoms with Crippen LogP contribution in [0.15, 0.2) is 12.2 Å². The maximum absolute atomic E-state index is 12.5. The highest BCUT2D eigenvalue weighted by molar-refractivity contribution is 7.47. The summed E-state index contributed by atoms with van der Waals surface area (Å²) in [5.74, 6) is -1.78. The molecule has 0 spiro atoms. The van der Waals surface area contributed by atoms with Crippen molar-refractivity contribution in [3.05, 3.63) is 12.2 Å². The number of ether oxygens (including phenoxy) is 2. The van der Waals surface area contributed by atoms with Gasteiger partial charge in [-0.3, -0.25) is 18.6 Å². The lowest BCUT2D eigenvalue weighted by Crippen LogP contribution is -2.34. The maximum Gasteiger partial charge on any atom is 0.472 e. The number of carboxylic acids is 1. The van der Waals surface area contributed by atoms with Crippen molar-refractivity contribution in [1.82, 2.24) is 0 Å². The smallest absolute Gasteiger partial charge is 0.472 e. The second-order valence-corrected chi connectivity index (χ2v) is 15.9. The summed E-state index contributed by atoms with van der Waals surface area (Å²) in [7, 11) is -4.61. The molecule has 0 aliphatic carbocycles. The van der Waals surface area contributed by atoms with Gasteiger partial charge in [0, 0.05) is 13.0 Å². The molecule has 0 saturated heterocycles. The van der Waals surface area contributed by atoms with Crippen molar-refractivity contribution in [3.8, 4) is 0 Å². The minimum Gasteiger partial charge on any atom is -0.480 e. The molecule has 0 aromatic carbocycles. The van der Waals surface area contributed by atoms with E-state index in [0.29, 0.717) is 13.0 Å². The lowest BCUT2D eigenvalue weighted by molar-refractivity contribution is -0.154. The summed E-state index contributed by atoms with van der Waals surface area (Å²) in [5.41, 5.74) is 5.34. The third-order valence-electron chi connectivity index (χ3n) is 9.28. The fourth-order valence-electron chi connectivity index (χ4n) is 5.96. The van der Waals surface area contributed by atoms with Crippen LogP contribution in [0.3, 0.4) is 0 Å². The van der Waals surface area contributed by atoms with Crippen LogP contribution in [-0.4, -0.2) is 60.5 Å². The molecule has 52 heavy (non-hydrogen) atoms. The molecule has 0 aliphatic heterocycles. The molecule has 0 aliphatic rings. The van der Waals surface area contributed by atoms with Gasteiger partial charge in [0.15, 0.2) is 0 Å². The van der Waals surface area contributed by atoms with Crippen LogP contribution in [0.1, 0.15) is 200 Å². The molecule has 0 bridgehead atoms. The number of hydrogen-bond acceptors (Lipinski definition) is 8. The van der Waals surface area contributed by atoms with Crippen LogP contribution < -0.4 is 5.73 Å². The Bertz CT molecular complexity index is 888. The Morgan fingerprint density at radius 3 is 1.54 bits per heavy atom. The standard InChI is InChI=1S/C41H80NO9P/c1-3-5-7-9-11-13-15-16-17-18-19-20-21-22-23-24-26-28-30-32-34-48-35-38(36-49-52(46,47)50-37-39(42)41(44)45)51-40(43)33-31-29-27-25-14-12-10-8-6-4-2/h8,10,38-39H,3-7,9,11-37,42H2,1-2H3,(H,44,45)(H,46,47)/b10-8-. The Morgan fingerprint density at radius 2 is 1.04 bits per heavy atom. The minimum atomic E-state index is -4.61. The Morgan fingerprint density at radius 1 is 0.596 bits per heavy atom. The van der Waals surface area contributed by atoms with Crippen molar-refractivity contribution >= 4 is 19.8 Å². The molecule has 0 heterocycles. The normalized spacial score (nSPS) is 14.1. The third-order valence-corrected chi connectivity index (χ3v) is 10.2. The van der Waals surface area contributed by atoms with Crippen LogP contribution in [0.5, 0.6) is 0 Å². The number of aliphatic carboxylic acids is 1. The number of carbonyl (C=O) groups excluding carboxylic acids is 1. The first kappa shape index (κ1) is 50.7. The van der Waals surface area contributed by atoms with Gasteiger partial charge in [0.1, 0.15) is 12.1 Å². The van der Waals surface area contributed by atoms with E-state index in [1.807, 2.05) is 0 Å². The van der Waals surface area contributed by atoms with Crippen LogP contribution in [0.4, 0.5) is 0 Å². The molecule has 11 heteroatoms. The molecule has 0 rings (SSSR count). The van der Waals surface area contributed by atoms with E-state index >= 15 is 0 Å². The van der Waals surface area contributed by atoms with Crippen LogP contribution in [0.2, 0.25) is 0 Å². The first-order chi connectivity index (χ1) is 25.2. The number of phosphoric acid groups is 1. The van der Waals surface area contributed by atoms with Gasteiger partial charge in [-0.2, -0.15) is 0 Å². The number of carbonyl (C=O) groups is 2. The molecule has 3 unspecified atom stereocenters. The van der Waals surface area contributed by atoms with E-state index in [1.54, 1.807) is 0 Å². The Labute approximate surface area is 318 Å². The average Bonchev–Trinajstić information content (AvgIpc) is 3.12. The topological polar surface area (TPSA) is 155 Å². The Kier molecular flexibility index (Phi) is 37.1. The summed E-state index contributed by atoms with van der Waals surface area (Å²) >= 11 is 0. The first-order valence-electron chi connectivity index (χ1n) is 21.2. The molecule has 0 aromatic heterocycles. The van der Waals surface area contributed by atoms with Crippen molar-refractivity contribution in [2.45, 2.75) is 212 Å². The Hall–Kier alpha value is -1.29. The predicted molar refractivity (Wildman–Crippen MR) is 212 cm³/mol. The van der Waals surface area contributed by atoms with Gasteiger partial charge in [0.25, 0.3) is 0 Å². The van der Waals surface area contributed by atoms with E-state index in [1.165, 1.54) is 116 Å². The van der Waals surface area contributed by atoms with Gasteiger partial charge in [-0.1, -0.05) is 174 Å². The molecule has 0 radical (unpaired) electrons. The fourth-order valence-corrected chi connectivity index (χ4v) is 6.74. The number of hydrogen-bond donors (Lipinski definition) is 3. The molecule has 3 atom stereocenters. The number of nitrogens with two attached hydrogens (primary N) is 1. The SMILES string of the molecule is CCC/C=C\CCCCCCCC(=O)OC(COCCCCCCCCCCCCCCCCCCCCCC)COP(=O)(O)OCC(N)C(=O)O. The lowest BCUT2D eigenvalue weighted by Gasteiger charge is -2.20. The van der Waals surface area contributed by atoms with Crippen LogP contribution >= 0.6 is 7.82 Å². The predicted octanol–water partition coefficient (Wildman–Crippen LogP) is 11.4. The zero-order valence-electron chi connectivity index (χ0n) is 33.4. The monoisotopic (exact) mass is 762 g/mol. The molecule has 308 valence electrons. The highest BCUT2D eigenvalue weighted by atomic mass is 31.2. The summed E-state index contributed by atoms with van der Waals surface area (Å²) in [6.45, 7) is 3.83. The average molecular weight is 762 g/mol. The van der Waals surface area contributed by atoms with Gasteiger partial charge >= 0.3 is 19.8 Å². The number of phosphoric ester groups is 1. The highest BCUT2D eigenvalue weighted by Gasteiger charge is 2.27. The quantitative estimate of drug-likeness (QED) is 0.0237. The number of rotatable bonds is 41. The van der Waals surface area contributed by atoms with Gasteiger partial charge in [-0.15, -0.1) is 0 Å². The van der Waals surface area contributed by atoms with Crippen LogP contribution in [-0.2, 0) is 32.7 Å². The van der Waals surface area contributed by atoms with Crippen molar-refractivity contribution in [3.63, 3.8) is 0 Å². The van der Waals surface area contributed by atoms with E-state index in [4.69, 9.17) is 29.4 Å². The molecule has 0 aromatic rings. The number of unbranched alkanes of at least 4 members (excludes halogenated alkanes) is 25. The van der Waals surface area contributed by atoms with E-state index < -0.39 is 45.1 Å². The second-order valence-electron chi connectivity index (χ2n) is 14.5. The van der Waals surface area contributed by atoms with Gasteiger partial charge < -0.3 is 25.2 Å². The van der Waals surface area contributed by atoms with E-state index in [9.17, 15) is 19.0 Å². The largest absolute Gasteiger partial charge is 0.480 e.